The molecule has 1 aromatic carbocycles. The number of anilines is 1. The van der Waals surface area contributed by atoms with Gasteiger partial charge >= 0.3 is 0 Å². The molecule has 0 unspecified atom stereocenters. The Labute approximate surface area is 104 Å². The number of hydrogen-bond acceptors (Lipinski definition) is 3. The summed E-state index contributed by atoms with van der Waals surface area (Å²) in [5.74, 6) is 0.308. The second kappa shape index (κ2) is 8.25. The molecule has 0 aromatic heterocycles. The summed E-state index contributed by atoms with van der Waals surface area (Å²) in [4.78, 5) is 2.36. The molecular formula is C12H21ClN2O. The zero-order valence-electron chi connectivity index (χ0n) is 9.94. The van der Waals surface area contributed by atoms with Gasteiger partial charge in [0.15, 0.2) is 0 Å². The molecule has 0 aliphatic carbocycles. The molecule has 1 aromatic rings. The van der Waals surface area contributed by atoms with Crippen molar-refractivity contribution in [1.82, 2.24) is 4.90 Å². The molecule has 0 aliphatic rings. The van der Waals surface area contributed by atoms with E-state index in [2.05, 4.69) is 24.1 Å². The van der Waals surface area contributed by atoms with Crippen molar-refractivity contribution < 1.29 is 5.11 Å². The molecule has 0 saturated heterocycles. The molecule has 0 heterocycles. The van der Waals surface area contributed by atoms with Crippen LogP contribution >= 0.6 is 12.4 Å². The van der Waals surface area contributed by atoms with Gasteiger partial charge in [-0.1, -0.05) is 19.9 Å². The van der Waals surface area contributed by atoms with Crippen molar-refractivity contribution in [2.24, 2.45) is 0 Å². The van der Waals surface area contributed by atoms with E-state index < -0.39 is 0 Å². The van der Waals surface area contributed by atoms with E-state index in [1.165, 1.54) is 0 Å². The average Bonchev–Trinajstić information content (AvgIpc) is 2.25. The highest BCUT2D eigenvalue weighted by Gasteiger charge is 1.98. The van der Waals surface area contributed by atoms with E-state index in [-0.39, 0.29) is 12.4 Å². The van der Waals surface area contributed by atoms with Gasteiger partial charge in [0.05, 0.1) is 0 Å². The number of benzene rings is 1. The molecule has 1 rings (SSSR count). The largest absolute Gasteiger partial charge is 0.508 e. The third-order valence-corrected chi connectivity index (χ3v) is 2.50. The Hall–Kier alpha value is -0.930. The molecule has 2 N–H and O–H groups in total. The Balaban J connectivity index is 0.00000225. The molecule has 0 aliphatic heterocycles. The number of nitrogens with zero attached hydrogens (tertiary/aromatic N) is 1. The third kappa shape index (κ3) is 5.24. The van der Waals surface area contributed by atoms with Crippen LogP contribution in [0.3, 0.4) is 0 Å². The molecule has 0 fully saturated rings. The first-order valence-electron chi connectivity index (χ1n) is 5.51. The highest BCUT2D eigenvalue weighted by Crippen LogP contribution is 2.14. The van der Waals surface area contributed by atoms with Gasteiger partial charge < -0.3 is 15.3 Å². The minimum Gasteiger partial charge on any atom is -0.508 e. The first-order valence-corrected chi connectivity index (χ1v) is 5.51. The van der Waals surface area contributed by atoms with Crippen molar-refractivity contribution in [2.45, 2.75) is 13.8 Å². The molecule has 0 spiro atoms. The quantitative estimate of drug-likeness (QED) is 0.808. The first-order chi connectivity index (χ1) is 7.26. The van der Waals surface area contributed by atoms with Gasteiger partial charge in [-0.3, -0.25) is 0 Å². The Morgan fingerprint density at radius 1 is 1.25 bits per heavy atom. The molecule has 0 bridgehead atoms. The molecule has 4 heteroatoms. The van der Waals surface area contributed by atoms with Gasteiger partial charge in [0, 0.05) is 24.8 Å². The van der Waals surface area contributed by atoms with Crippen LogP contribution in [-0.2, 0) is 0 Å². The average molecular weight is 245 g/mol. The maximum Gasteiger partial charge on any atom is 0.117 e. The van der Waals surface area contributed by atoms with Crippen LogP contribution in [0.15, 0.2) is 24.3 Å². The summed E-state index contributed by atoms with van der Waals surface area (Å²) < 4.78 is 0. The zero-order chi connectivity index (χ0) is 11.1. The first kappa shape index (κ1) is 15.1. The van der Waals surface area contributed by atoms with Crippen LogP contribution in [0.25, 0.3) is 0 Å². The van der Waals surface area contributed by atoms with E-state index >= 15 is 0 Å². The lowest BCUT2D eigenvalue weighted by Gasteiger charge is -2.18. The van der Waals surface area contributed by atoms with Crippen LogP contribution in [0.1, 0.15) is 13.8 Å². The maximum atomic E-state index is 9.26. The Bertz CT molecular complexity index is 290. The number of phenolic OH excluding ortho intramolecular Hbond substituents is 1. The zero-order valence-corrected chi connectivity index (χ0v) is 10.8. The molecule has 0 radical (unpaired) electrons. The minimum absolute atomic E-state index is 0. The van der Waals surface area contributed by atoms with Gasteiger partial charge in [0.1, 0.15) is 5.75 Å². The van der Waals surface area contributed by atoms with Crippen molar-refractivity contribution >= 4 is 18.1 Å². The minimum atomic E-state index is 0. The monoisotopic (exact) mass is 244 g/mol. The van der Waals surface area contributed by atoms with E-state index in [0.717, 1.165) is 31.9 Å². The molecule has 0 atom stereocenters. The highest BCUT2D eigenvalue weighted by atomic mass is 35.5. The lowest BCUT2D eigenvalue weighted by Crippen LogP contribution is -2.28. The maximum absolute atomic E-state index is 9.26. The fourth-order valence-corrected chi connectivity index (χ4v) is 1.51. The molecular weight excluding hydrogens is 224 g/mol. The summed E-state index contributed by atoms with van der Waals surface area (Å²) in [6, 6.07) is 7.22. The second-order valence-corrected chi connectivity index (χ2v) is 3.50. The van der Waals surface area contributed by atoms with E-state index in [1.807, 2.05) is 12.1 Å². The summed E-state index contributed by atoms with van der Waals surface area (Å²) in [5.41, 5.74) is 0.974. The van der Waals surface area contributed by atoms with Gasteiger partial charge in [0.2, 0.25) is 0 Å². The van der Waals surface area contributed by atoms with Crippen LogP contribution in [0.4, 0.5) is 5.69 Å². The molecule has 16 heavy (non-hydrogen) atoms. The van der Waals surface area contributed by atoms with Crippen molar-refractivity contribution in [3.63, 3.8) is 0 Å². The van der Waals surface area contributed by atoms with E-state index in [4.69, 9.17) is 0 Å². The number of nitrogens with one attached hydrogen (secondary N) is 1. The van der Waals surface area contributed by atoms with Crippen molar-refractivity contribution in [1.29, 1.82) is 0 Å². The number of halogens is 1. The standard InChI is InChI=1S/C12H20N2O.ClH/c1-3-14(4-2)9-8-13-11-6-5-7-12(15)10-11;/h5-7,10,13,15H,3-4,8-9H2,1-2H3;1H. The fourth-order valence-electron chi connectivity index (χ4n) is 1.51. The van der Waals surface area contributed by atoms with Gasteiger partial charge in [-0.05, 0) is 25.2 Å². The SMILES string of the molecule is CCN(CC)CCNc1cccc(O)c1.Cl. The number of rotatable bonds is 6. The predicted octanol–water partition coefficient (Wildman–Crippen LogP) is 2.57. The number of phenols is 1. The normalized spacial score (nSPS) is 9.94. The lowest BCUT2D eigenvalue weighted by atomic mass is 10.3. The summed E-state index contributed by atoms with van der Waals surface area (Å²) in [5, 5.41) is 12.5. The number of likely N-dealkylation sites (N-methyl/N-ethyl adjacent to an activating group) is 1. The number of aromatic hydroxyl groups is 1. The van der Waals surface area contributed by atoms with Crippen LogP contribution in [-0.4, -0.2) is 36.2 Å². The van der Waals surface area contributed by atoms with Gasteiger partial charge in [-0.2, -0.15) is 0 Å². The van der Waals surface area contributed by atoms with Gasteiger partial charge in [0.25, 0.3) is 0 Å². The molecule has 3 nitrogen and oxygen atoms in total. The Kier molecular flexibility index (Phi) is 7.77. The van der Waals surface area contributed by atoms with Crippen molar-refractivity contribution in [2.75, 3.05) is 31.5 Å². The predicted molar refractivity (Wildman–Crippen MR) is 71.6 cm³/mol. The third-order valence-electron chi connectivity index (χ3n) is 2.50. The van der Waals surface area contributed by atoms with Gasteiger partial charge in [-0.15, -0.1) is 12.4 Å². The molecule has 92 valence electrons. The second-order valence-electron chi connectivity index (χ2n) is 3.50. The Morgan fingerprint density at radius 3 is 2.50 bits per heavy atom. The van der Waals surface area contributed by atoms with Crippen LogP contribution in [0.5, 0.6) is 5.75 Å². The lowest BCUT2D eigenvalue weighted by molar-refractivity contribution is 0.316. The van der Waals surface area contributed by atoms with Crippen molar-refractivity contribution in [3.05, 3.63) is 24.3 Å². The van der Waals surface area contributed by atoms with Gasteiger partial charge in [-0.25, -0.2) is 0 Å². The summed E-state index contributed by atoms with van der Waals surface area (Å²) in [6.45, 7) is 8.43. The topological polar surface area (TPSA) is 35.5 Å². The number of hydrogen-bond donors (Lipinski definition) is 2. The van der Waals surface area contributed by atoms with Crippen LogP contribution in [0.2, 0.25) is 0 Å². The van der Waals surface area contributed by atoms with E-state index in [9.17, 15) is 5.11 Å². The fraction of sp³-hybridized carbons (Fsp3) is 0.500. The Morgan fingerprint density at radius 2 is 1.94 bits per heavy atom. The van der Waals surface area contributed by atoms with Crippen LogP contribution < -0.4 is 5.32 Å². The molecule has 0 amide bonds. The van der Waals surface area contributed by atoms with Crippen LogP contribution in [0, 0.1) is 0 Å². The van der Waals surface area contributed by atoms with Crippen molar-refractivity contribution in [3.8, 4) is 5.75 Å². The summed E-state index contributed by atoms with van der Waals surface area (Å²) >= 11 is 0. The molecule has 0 saturated carbocycles. The smallest absolute Gasteiger partial charge is 0.117 e. The summed E-state index contributed by atoms with van der Waals surface area (Å²) in [7, 11) is 0. The highest BCUT2D eigenvalue weighted by molar-refractivity contribution is 5.85. The van der Waals surface area contributed by atoms with E-state index in [1.54, 1.807) is 12.1 Å². The van der Waals surface area contributed by atoms with E-state index in [0.29, 0.717) is 5.75 Å². The summed E-state index contributed by atoms with van der Waals surface area (Å²) in [6.07, 6.45) is 0.